The molecule has 1 aromatic heterocycles. The zero-order valence-corrected chi connectivity index (χ0v) is 15.2. The second-order valence-electron chi connectivity index (χ2n) is 5.02. The first kappa shape index (κ1) is 18.9. The Bertz CT molecular complexity index is 777. The first-order valence-corrected chi connectivity index (χ1v) is 9.35. The summed E-state index contributed by atoms with van der Waals surface area (Å²) in [7, 11) is 0. The molecule has 9 heteroatoms. The Hall–Kier alpha value is -2.39. The molecule has 2 aromatic rings. The standard InChI is InChI=1S/C16H16N2O5S2/c1-10(13-4-3-7-25-13)17-15(19)9-23-16(20)11-5-6-14(24-2)12(8-11)18(21)22/h3-8,10H,9H2,1-2H3,(H,17,19)/t10-/m1/s1. The highest BCUT2D eigenvalue weighted by molar-refractivity contribution is 7.98. The average Bonchev–Trinajstić information content (AvgIpc) is 3.13. The molecule has 0 unspecified atom stereocenters. The minimum atomic E-state index is -0.783. The molecule has 0 fully saturated rings. The molecule has 1 N–H and O–H groups in total. The number of nitrogens with one attached hydrogen (secondary N) is 1. The van der Waals surface area contributed by atoms with Crippen LogP contribution in [-0.2, 0) is 9.53 Å². The van der Waals surface area contributed by atoms with Crippen molar-refractivity contribution >= 4 is 40.7 Å². The number of thioether (sulfide) groups is 1. The van der Waals surface area contributed by atoms with Crippen LogP contribution in [0.15, 0.2) is 40.6 Å². The van der Waals surface area contributed by atoms with Crippen molar-refractivity contribution < 1.29 is 19.2 Å². The summed E-state index contributed by atoms with van der Waals surface area (Å²) in [5.41, 5.74) is -0.138. The Balaban J connectivity index is 1.94. The van der Waals surface area contributed by atoms with E-state index in [1.807, 2.05) is 24.4 Å². The Morgan fingerprint density at radius 3 is 2.76 bits per heavy atom. The highest BCUT2D eigenvalue weighted by Gasteiger charge is 2.19. The van der Waals surface area contributed by atoms with Crippen LogP contribution in [0.4, 0.5) is 5.69 Å². The van der Waals surface area contributed by atoms with Crippen LogP contribution >= 0.6 is 23.1 Å². The molecule has 0 bridgehead atoms. The largest absolute Gasteiger partial charge is 0.452 e. The van der Waals surface area contributed by atoms with Crippen LogP contribution in [-0.4, -0.2) is 29.7 Å². The summed E-state index contributed by atoms with van der Waals surface area (Å²) in [6.45, 7) is 1.38. The molecule has 1 atom stereocenters. The van der Waals surface area contributed by atoms with Crippen molar-refractivity contribution in [3.8, 4) is 0 Å². The molecule has 0 spiro atoms. The van der Waals surface area contributed by atoms with E-state index in [0.29, 0.717) is 4.90 Å². The van der Waals surface area contributed by atoms with E-state index in [9.17, 15) is 19.7 Å². The maximum atomic E-state index is 12.0. The smallest absolute Gasteiger partial charge is 0.338 e. The Kier molecular flexibility index (Phi) is 6.54. The maximum absolute atomic E-state index is 12.0. The van der Waals surface area contributed by atoms with E-state index in [4.69, 9.17) is 4.74 Å². The summed E-state index contributed by atoms with van der Waals surface area (Å²) in [5.74, 6) is -1.22. The molecule has 1 amide bonds. The average molecular weight is 380 g/mol. The van der Waals surface area contributed by atoms with Crippen molar-refractivity contribution in [1.82, 2.24) is 5.32 Å². The molecule has 1 aromatic carbocycles. The molecule has 0 radical (unpaired) electrons. The van der Waals surface area contributed by atoms with Crippen LogP contribution in [0.5, 0.6) is 0 Å². The number of carbonyl (C=O) groups excluding carboxylic acids is 2. The van der Waals surface area contributed by atoms with E-state index in [1.165, 1.54) is 35.2 Å². The summed E-state index contributed by atoms with van der Waals surface area (Å²) >= 11 is 2.72. The summed E-state index contributed by atoms with van der Waals surface area (Å²) in [6.07, 6.45) is 1.71. The fourth-order valence-electron chi connectivity index (χ4n) is 2.07. The highest BCUT2D eigenvalue weighted by Crippen LogP contribution is 2.28. The fraction of sp³-hybridized carbons (Fsp3) is 0.250. The van der Waals surface area contributed by atoms with Crippen molar-refractivity contribution in [2.75, 3.05) is 12.9 Å². The van der Waals surface area contributed by atoms with E-state index in [1.54, 1.807) is 6.26 Å². The molecule has 2 rings (SSSR count). The van der Waals surface area contributed by atoms with Crippen LogP contribution in [0.25, 0.3) is 0 Å². The number of nitro groups is 1. The number of hydrogen-bond donors (Lipinski definition) is 1. The van der Waals surface area contributed by atoms with E-state index >= 15 is 0 Å². The second kappa shape index (κ2) is 8.63. The van der Waals surface area contributed by atoms with E-state index < -0.39 is 23.4 Å². The zero-order valence-electron chi connectivity index (χ0n) is 13.6. The van der Waals surface area contributed by atoms with Crippen molar-refractivity contribution in [3.05, 3.63) is 56.3 Å². The van der Waals surface area contributed by atoms with E-state index in [2.05, 4.69) is 5.32 Å². The molecule has 0 saturated heterocycles. The quantitative estimate of drug-likeness (QED) is 0.342. The molecule has 25 heavy (non-hydrogen) atoms. The van der Waals surface area contributed by atoms with Crippen molar-refractivity contribution in [2.45, 2.75) is 17.9 Å². The number of nitro benzene ring substituents is 1. The van der Waals surface area contributed by atoms with Gasteiger partial charge in [-0.05, 0) is 36.8 Å². The van der Waals surface area contributed by atoms with Crippen molar-refractivity contribution in [2.24, 2.45) is 0 Å². The number of rotatable bonds is 7. The van der Waals surface area contributed by atoms with Crippen LogP contribution < -0.4 is 5.32 Å². The van der Waals surface area contributed by atoms with Gasteiger partial charge < -0.3 is 10.1 Å². The molecule has 0 aliphatic carbocycles. The topological polar surface area (TPSA) is 98.5 Å². The van der Waals surface area contributed by atoms with Gasteiger partial charge in [0, 0.05) is 10.9 Å². The van der Waals surface area contributed by atoms with Crippen LogP contribution in [0, 0.1) is 10.1 Å². The number of thiophene rings is 1. The van der Waals surface area contributed by atoms with Crippen molar-refractivity contribution in [3.63, 3.8) is 0 Å². The third-order valence-electron chi connectivity index (χ3n) is 3.29. The minimum Gasteiger partial charge on any atom is -0.452 e. The van der Waals surface area contributed by atoms with Gasteiger partial charge in [0.15, 0.2) is 6.61 Å². The van der Waals surface area contributed by atoms with Crippen LogP contribution in [0.1, 0.15) is 28.2 Å². The SMILES string of the molecule is CSc1ccc(C(=O)OCC(=O)N[C@H](C)c2cccs2)cc1[N+](=O)[O-]. The van der Waals surface area contributed by atoms with E-state index in [0.717, 1.165) is 10.9 Å². The van der Waals surface area contributed by atoms with Gasteiger partial charge >= 0.3 is 5.97 Å². The molecular weight excluding hydrogens is 364 g/mol. The van der Waals surface area contributed by atoms with Crippen LogP contribution in [0.2, 0.25) is 0 Å². The molecule has 0 saturated carbocycles. The van der Waals surface area contributed by atoms with Crippen LogP contribution in [0.3, 0.4) is 0 Å². The van der Waals surface area contributed by atoms with Crippen molar-refractivity contribution in [1.29, 1.82) is 0 Å². The number of hydrogen-bond acceptors (Lipinski definition) is 7. The van der Waals surface area contributed by atoms with E-state index in [-0.39, 0.29) is 17.3 Å². The third-order valence-corrected chi connectivity index (χ3v) is 5.13. The van der Waals surface area contributed by atoms with Gasteiger partial charge in [0.1, 0.15) is 0 Å². The molecule has 0 aliphatic heterocycles. The van der Waals surface area contributed by atoms with Gasteiger partial charge in [0.05, 0.1) is 21.4 Å². The molecule has 1 heterocycles. The van der Waals surface area contributed by atoms with Gasteiger partial charge in [-0.2, -0.15) is 0 Å². The lowest BCUT2D eigenvalue weighted by Gasteiger charge is -2.12. The van der Waals surface area contributed by atoms with Gasteiger partial charge in [-0.3, -0.25) is 14.9 Å². The first-order valence-electron chi connectivity index (χ1n) is 7.24. The normalized spacial score (nSPS) is 11.6. The van der Waals surface area contributed by atoms with Gasteiger partial charge in [-0.1, -0.05) is 6.07 Å². The lowest BCUT2D eigenvalue weighted by atomic mass is 10.2. The highest BCUT2D eigenvalue weighted by atomic mass is 32.2. The first-order chi connectivity index (χ1) is 11.9. The predicted octanol–water partition coefficient (Wildman–Crippen LogP) is 3.41. The lowest BCUT2D eigenvalue weighted by Crippen LogP contribution is -2.30. The summed E-state index contributed by atoms with van der Waals surface area (Å²) < 4.78 is 4.94. The summed E-state index contributed by atoms with van der Waals surface area (Å²) in [5, 5.41) is 15.7. The van der Waals surface area contributed by atoms with Gasteiger partial charge in [-0.25, -0.2) is 4.79 Å². The Morgan fingerprint density at radius 2 is 2.16 bits per heavy atom. The number of esters is 1. The molecular formula is C16H16N2O5S2. The Morgan fingerprint density at radius 1 is 1.40 bits per heavy atom. The molecule has 132 valence electrons. The Labute approximate surface area is 152 Å². The zero-order chi connectivity index (χ0) is 18.4. The maximum Gasteiger partial charge on any atom is 0.338 e. The monoisotopic (exact) mass is 380 g/mol. The number of carbonyl (C=O) groups is 2. The third kappa shape index (κ3) is 5.04. The van der Waals surface area contributed by atoms with Gasteiger partial charge in [0.25, 0.3) is 11.6 Å². The molecule has 0 aliphatic rings. The number of amides is 1. The molecule has 7 nitrogen and oxygen atoms in total. The lowest BCUT2D eigenvalue weighted by molar-refractivity contribution is -0.387. The summed E-state index contributed by atoms with van der Waals surface area (Å²) in [6, 6.07) is 7.67. The second-order valence-corrected chi connectivity index (χ2v) is 6.85. The van der Waals surface area contributed by atoms with Gasteiger partial charge in [-0.15, -0.1) is 23.1 Å². The summed E-state index contributed by atoms with van der Waals surface area (Å²) in [4.78, 5) is 35.8. The predicted molar refractivity (Wildman–Crippen MR) is 96.0 cm³/mol. The number of ether oxygens (including phenoxy) is 1. The number of benzene rings is 1. The number of nitrogens with zero attached hydrogens (tertiary/aromatic N) is 1. The van der Waals surface area contributed by atoms with Gasteiger partial charge in [0.2, 0.25) is 0 Å². The minimum absolute atomic E-state index is 0.0311. The fourth-order valence-corrected chi connectivity index (χ4v) is 3.35.